The van der Waals surface area contributed by atoms with E-state index in [4.69, 9.17) is 4.74 Å². The summed E-state index contributed by atoms with van der Waals surface area (Å²) < 4.78 is 20.0. The van der Waals surface area contributed by atoms with E-state index >= 15 is 0 Å². The van der Waals surface area contributed by atoms with E-state index in [2.05, 4.69) is 0 Å². The van der Waals surface area contributed by atoms with Crippen LogP contribution in [0.2, 0.25) is 0 Å². The molecule has 1 heterocycles. The lowest BCUT2D eigenvalue weighted by Gasteiger charge is -2.32. The number of halogens is 1. The van der Waals surface area contributed by atoms with Gasteiger partial charge in [-0.05, 0) is 38.1 Å². The second-order valence-electron chi connectivity index (χ2n) is 7.12. The van der Waals surface area contributed by atoms with Crippen LogP contribution in [0.4, 0.5) is 4.39 Å². The molecule has 0 saturated carbocycles. The Morgan fingerprint density at radius 1 is 0.929 bits per heavy atom. The third-order valence-electron chi connectivity index (χ3n) is 5.17. The van der Waals surface area contributed by atoms with Crippen LogP contribution in [-0.2, 0) is 4.79 Å². The molecule has 0 unspecified atom stereocenters. The number of carbonyl (C=O) groups excluding carboxylic acids is 2. The number of ether oxygens (including phenoxy) is 1. The summed E-state index contributed by atoms with van der Waals surface area (Å²) in [5.41, 5.74) is 2.72. The fourth-order valence-electron chi connectivity index (χ4n) is 3.80. The maximum Gasteiger partial charge on any atom is 0.174 e. The number of hydrogen-bond donors (Lipinski definition) is 0. The summed E-state index contributed by atoms with van der Waals surface area (Å²) in [5.74, 6) is -1.50. The number of carbonyl (C=O) groups is 2. The van der Waals surface area contributed by atoms with Gasteiger partial charge in [-0.15, -0.1) is 0 Å². The summed E-state index contributed by atoms with van der Waals surface area (Å²) in [6.45, 7) is 3.35. The highest BCUT2D eigenvalue weighted by atomic mass is 19.1. The van der Waals surface area contributed by atoms with Gasteiger partial charge in [-0.3, -0.25) is 9.59 Å². The average Bonchev–Trinajstić information content (AvgIpc) is 2.68. The van der Waals surface area contributed by atoms with Crippen molar-refractivity contribution in [1.29, 1.82) is 0 Å². The zero-order valence-corrected chi connectivity index (χ0v) is 15.6. The molecule has 0 amide bonds. The Morgan fingerprint density at radius 3 is 2.32 bits per heavy atom. The summed E-state index contributed by atoms with van der Waals surface area (Å²) in [6, 6.07) is 18.6. The van der Waals surface area contributed by atoms with Crippen LogP contribution in [0.5, 0.6) is 11.5 Å². The Labute approximate surface area is 162 Å². The van der Waals surface area contributed by atoms with E-state index in [1.807, 2.05) is 37.3 Å². The number of Topliss-reactive ketones (excluding diaryl/α,β-unsaturated/α-hetero) is 2. The molecule has 0 saturated heterocycles. The predicted octanol–water partition coefficient (Wildman–Crippen LogP) is 5.46. The lowest BCUT2D eigenvalue weighted by atomic mass is 9.74. The lowest BCUT2D eigenvalue weighted by Crippen LogP contribution is -2.31. The first-order chi connectivity index (χ1) is 13.5. The third-order valence-corrected chi connectivity index (χ3v) is 5.17. The van der Waals surface area contributed by atoms with Crippen molar-refractivity contribution in [1.82, 2.24) is 0 Å². The van der Waals surface area contributed by atoms with Gasteiger partial charge in [0.15, 0.2) is 5.78 Å². The minimum Gasteiger partial charge on any atom is -0.457 e. The summed E-state index contributed by atoms with van der Waals surface area (Å²) in [6.07, 6.45) is 0. The Kier molecular flexibility index (Phi) is 4.55. The summed E-state index contributed by atoms with van der Waals surface area (Å²) in [7, 11) is 0. The van der Waals surface area contributed by atoms with Crippen molar-refractivity contribution in [2.45, 2.75) is 19.8 Å². The van der Waals surface area contributed by atoms with E-state index in [1.54, 1.807) is 24.3 Å². The van der Waals surface area contributed by atoms with Crippen LogP contribution in [0.25, 0.3) is 0 Å². The fraction of sp³-hybridized carbons (Fsp3) is 0.167. The number of para-hydroxylation sites is 1. The molecule has 1 aliphatic rings. The van der Waals surface area contributed by atoms with E-state index in [-0.39, 0.29) is 11.6 Å². The van der Waals surface area contributed by atoms with Gasteiger partial charge >= 0.3 is 0 Å². The molecule has 2 atom stereocenters. The van der Waals surface area contributed by atoms with Crippen molar-refractivity contribution < 1.29 is 18.7 Å². The lowest BCUT2D eigenvalue weighted by molar-refractivity contribution is -0.119. The van der Waals surface area contributed by atoms with Gasteiger partial charge in [0.2, 0.25) is 0 Å². The highest BCUT2D eigenvalue weighted by Crippen LogP contribution is 2.48. The number of benzene rings is 3. The molecular weight excluding hydrogens is 355 g/mol. The number of rotatable bonds is 4. The molecule has 0 spiro atoms. The molecule has 0 aromatic heterocycles. The molecule has 4 heteroatoms. The maximum atomic E-state index is 14.1. The van der Waals surface area contributed by atoms with Crippen molar-refractivity contribution in [2.75, 3.05) is 0 Å². The Hall–Kier alpha value is -3.27. The van der Waals surface area contributed by atoms with Crippen molar-refractivity contribution in [3.05, 3.63) is 94.8 Å². The van der Waals surface area contributed by atoms with Crippen molar-refractivity contribution >= 4 is 11.6 Å². The van der Waals surface area contributed by atoms with Gasteiger partial charge in [0.25, 0.3) is 0 Å². The second kappa shape index (κ2) is 7.04. The fourth-order valence-corrected chi connectivity index (χ4v) is 3.80. The second-order valence-corrected chi connectivity index (χ2v) is 7.12. The Morgan fingerprint density at radius 2 is 1.61 bits per heavy atom. The third kappa shape index (κ3) is 3.11. The summed E-state index contributed by atoms with van der Waals surface area (Å²) in [5, 5.41) is 0. The SMILES string of the molecule is CC(=O)[C@@H](C(=O)c1ccc(C)cc1)[C@@H]1c2ccccc2Oc2ccc(F)cc21. The standard InChI is InChI=1S/C24H19FO3/c1-14-7-9-16(10-8-14)24(27)22(15(2)26)23-18-5-3-4-6-20(18)28-21-12-11-17(25)13-19(21)23/h3-13,22-23H,1-2H3/t22-,23-/m1/s1. The van der Waals surface area contributed by atoms with E-state index in [0.29, 0.717) is 28.2 Å². The molecule has 3 aromatic rings. The predicted molar refractivity (Wildman–Crippen MR) is 104 cm³/mol. The van der Waals surface area contributed by atoms with Gasteiger partial charge in [0.05, 0.1) is 5.92 Å². The molecular formula is C24H19FO3. The zero-order chi connectivity index (χ0) is 19.8. The van der Waals surface area contributed by atoms with E-state index in [9.17, 15) is 14.0 Å². The first-order valence-corrected chi connectivity index (χ1v) is 9.13. The molecule has 0 bridgehead atoms. The van der Waals surface area contributed by atoms with Gasteiger partial charge in [0, 0.05) is 22.6 Å². The summed E-state index contributed by atoms with van der Waals surface area (Å²) >= 11 is 0. The van der Waals surface area contributed by atoms with Crippen molar-refractivity contribution in [3.8, 4) is 11.5 Å². The van der Waals surface area contributed by atoms with Crippen LogP contribution in [0.1, 0.15) is 39.9 Å². The minimum atomic E-state index is -0.965. The molecule has 4 rings (SSSR count). The molecule has 28 heavy (non-hydrogen) atoms. The highest BCUT2D eigenvalue weighted by Gasteiger charge is 2.40. The number of aryl methyl sites for hydroxylation is 1. The van der Waals surface area contributed by atoms with Crippen molar-refractivity contribution in [3.63, 3.8) is 0 Å². The van der Waals surface area contributed by atoms with Gasteiger partial charge in [-0.2, -0.15) is 0 Å². The number of hydrogen-bond acceptors (Lipinski definition) is 3. The molecule has 1 aliphatic heterocycles. The maximum absolute atomic E-state index is 14.1. The van der Waals surface area contributed by atoms with Crippen LogP contribution in [0, 0.1) is 18.7 Å². The van der Waals surface area contributed by atoms with Crippen molar-refractivity contribution in [2.24, 2.45) is 5.92 Å². The van der Waals surface area contributed by atoms with Crippen LogP contribution in [-0.4, -0.2) is 11.6 Å². The monoisotopic (exact) mass is 374 g/mol. The van der Waals surface area contributed by atoms with E-state index in [0.717, 1.165) is 5.56 Å². The van der Waals surface area contributed by atoms with E-state index in [1.165, 1.54) is 19.1 Å². The van der Waals surface area contributed by atoms with Gasteiger partial charge in [-0.1, -0.05) is 48.0 Å². The minimum absolute atomic E-state index is 0.262. The van der Waals surface area contributed by atoms with Crippen LogP contribution >= 0.6 is 0 Å². The van der Waals surface area contributed by atoms with Crippen LogP contribution in [0.15, 0.2) is 66.7 Å². The van der Waals surface area contributed by atoms with Crippen LogP contribution < -0.4 is 4.74 Å². The van der Waals surface area contributed by atoms with E-state index < -0.39 is 17.7 Å². The molecule has 0 N–H and O–H groups in total. The molecule has 0 aliphatic carbocycles. The highest BCUT2D eigenvalue weighted by molar-refractivity contribution is 6.11. The largest absolute Gasteiger partial charge is 0.457 e. The normalized spacial score (nSPS) is 15.8. The first kappa shape index (κ1) is 18.1. The number of ketones is 2. The molecule has 0 fully saturated rings. The van der Waals surface area contributed by atoms with Gasteiger partial charge in [-0.25, -0.2) is 4.39 Å². The Bertz CT molecular complexity index is 1070. The van der Waals surface area contributed by atoms with Gasteiger partial charge in [0.1, 0.15) is 23.1 Å². The smallest absolute Gasteiger partial charge is 0.174 e. The molecule has 140 valence electrons. The van der Waals surface area contributed by atoms with Crippen LogP contribution in [0.3, 0.4) is 0 Å². The molecule has 0 radical (unpaired) electrons. The molecule has 3 aromatic carbocycles. The summed E-state index contributed by atoms with van der Waals surface area (Å²) in [4.78, 5) is 26.0. The molecule has 3 nitrogen and oxygen atoms in total. The topological polar surface area (TPSA) is 43.4 Å². The quantitative estimate of drug-likeness (QED) is 0.450. The zero-order valence-electron chi connectivity index (χ0n) is 15.6. The Balaban J connectivity index is 1.89. The first-order valence-electron chi connectivity index (χ1n) is 9.13. The average molecular weight is 374 g/mol. The number of fused-ring (bicyclic) bond motifs is 2. The van der Waals surface area contributed by atoms with Gasteiger partial charge < -0.3 is 4.74 Å².